The minimum atomic E-state index is -0.806. The second kappa shape index (κ2) is 8.49. The van der Waals surface area contributed by atoms with Gasteiger partial charge in [0.25, 0.3) is 11.7 Å². The molecule has 1 aliphatic rings. The van der Waals surface area contributed by atoms with E-state index in [-0.39, 0.29) is 36.3 Å². The van der Waals surface area contributed by atoms with E-state index in [1.807, 2.05) is 32.9 Å². The largest absolute Gasteiger partial charge is 0.508 e. The summed E-state index contributed by atoms with van der Waals surface area (Å²) in [6, 6.07) is 12.6. The molecule has 2 N–H and O–H groups in total. The highest BCUT2D eigenvalue weighted by molar-refractivity contribution is 6.46. The van der Waals surface area contributed by atoms with Crippen molar-refractivity contribution < 1.29 is 24.5 Å². The minimum absolute atomic E-state index is 0.00833. The van der Waals surface area contributed by atoms with Crippen LogP contribution in [0.2, 0.25) is 0 Å². The SMILES string of the molecule is Cc1ccc(/C(O)=C2/C(=O)C(=O)N(CCOC(C)C)C2c2cccc(O)c2)cc1. The molecular weight excluding hydrogens is 370 g/mol. The maximum atomic E-state index is 12.9. The second-order valence-electron chi connectivity index (χ2n) is 7.37. The first-order valence-electron chi connectivity index (χ1n) is 9.55. The molecule has 1 atom stereocenters. The van der Waals surface area contributed by atoms with Crippen LogP contribution >= 0.6 is 0 Å². The number of ether oxygens (including phenoxy) is 1. The van der Waals surface area contributed by atoms with Crippen LogP contribution in [-0.4, -0.2) is 46.1 Å². The molecule has 6 nitrogen and oxygen atoms in total. The molecule has 3 rings (SSSR count). The number of aliphatic hydroxyl groups excluding tert-OH is 1. The van der Waals surface area contributed by atoms with Crippen LogP contribution < -0.4 is 0 Å². The van der Waals surface area contributed by atoms with Gasteiger partial charge in [0, 0.05) is 12.1 Å². The molecule has 0 saturated carbocycles. The summed E-state index contributed by atoms with van der Waals surface area (Å²) in [5.41, 5.74) is 2.02. The Hall–Kier alpha value is -3.12. The highest BCUT2D eigenvalue weighted by Gasteiger charge is 2.46. The molecule has 0 aromatic heterocycles. The zero-order chi connectivity index (χ0) is 21.1. The molecule has 0 bridgehead atoms. The Balaban J connectivity index is 2.09. The Labute approximate surface area is 170 Å². The molecule has 0 aliphatic carbocycles. The van der Waals surface area contributed by atoms with Crippen LogP contribution in [0.15, 0.2) is 54.1 Å². The van der Waals surface area contributed by atoms with Crippen molar-refractivity contribution in [2.45, 2.75) is 32.9 Å². The first kappa shape index (κ1) is 20.6. The first-order chi connectivity index (χ1) is 13.8. The number of carbonyl (C=O) groups excluding carboxylic acids is 2. The van der Waals surface area contributed by atoms with Crippen LogP contribution in [0.3, 0.4) is 0 Å². The topological polar surface area (TPSA) is 87.1 Å². The Bertz CT molecular complexity index is 946. The Morgan fingerprint density at radius 3 is 2.45 bits per heavy atom. The smallest absolute Gasteiger partial charge is 0.295 e. The van der Waals surface area contributed by atoms with Crippen LogP contribution in [0.25, 0.3) is 5.76 Å². The van der Waals surface area contributed by atoms with Crippen LogP contribution in [0.5, 0.6) is 5.75 Å². The van der Waals surface area contributed by atoms with Gasteiger partial charge in [-0.25, -0.2) is 0 Å². The van der Waals surface area contributed by atoms with Gasteiger partial charge in [-0.2, -0.15) is 0 Å². The number of phenolic OH excluding ortho intramolecular Hbond substituents is 1. The van der Waals surface area contributed by atoms with Crippen LogP contribution in [0.4, 0.5) is 0 Å². The summed E-state index contributed by atoms with van der Waals surface area (Å²) in [5, 5.41) is 20.8. The van der Waals surface area contributed by atoms with Crippen molar-refractivity contribution in [2.75, 3.05) is 13.2 Å². The predicted molar refractivity (Wildman–Crippen MR) is 109 cm³/mol. The number of amides is 1. The van der Waals surface area contributed by atoms with Crippen molar-refractivity contribution >= 4 is 17.4 Å². The van der Waals surface area contributed by atoms with Crippen molar-refractivity contribution in [3.63, 3.8) is 0 Å². The maximum absolute atomic E-state index is 12.9. The van der Waals surface area contributed by atoms with E-state index in [9.17, 15) is 19.8 Å². The molecular formula is C23H25NO5. The standard InChI is InChI=1S/C23H25NO5/c1-14(2)29-12-11-24-20(17-5-4-6-18(25)13-17)19(22(27)23(24)28)21(26)16-9-7-15(3)8-10-16/h4-10,13-14,20,25-26H,11-12H2,1-3H3/b21-19-. The number of likely N-dealkylation sites (tertiary alicyclic amines) is 1. The van der Waals surface area contributed by atoms with Crippen molar-refractivity contribution in [2.24, 2.45) is 0 Å². The van der Waals surface area contributed by atoms with Crippen LogP contribution in [-0.2, 0) is 14.3 Å². The summed E-state index contributed by atoms with van der Waals surface area (Å²) in [7, 11) is 0. The molecule has 1 heterocycles. The quantitative estimate of drug-likeness (QED) is 0.444. The van der Waals surface area contributed by atoms with E-state index in [4.69, 9.17) is 4.74 Å². The van der Waals surface area contributed by atoms with E-state index in [2.05, 4.69) is 0 Å². The number of Topliss-reactive ketones (excluding diaryl/α,β-unsaturated/α-hetero) is 1. The van der Waals surface area contributed by atoms with Crippen molar-refractivity contribution in [3.8, 4) is 5.75 Å². The van der Waals surface area contributed by atoms with Gasteiger partial charge in [-0.1, -0.05) is 42.0 Å². The van der Waals surface area contributed by atoms with Gasteiger partial charge < -0.3 is 19.8 Å². The number of benzene rings is 2. The summed E-state index contributed by atoms with van der Waals surface area (Å²) in [5.74, 6) is -1.66. The molecule has 1 saturated heterocycles. The van der Waals surface area contributed by atoms with Gasteiger partial charge >= 0.3 is 0 Å². The normalized spacial score (nSPS) is 18.6. The van der Waals surface area contributed by atoms with E-state index in [1.54, 1.807) is 24.3 Å². The van der Waals surface area contributed by atoms with E-state index in [0.29, 0.717) is 11.1 Å². The molecule has 29 heavy (non-hydrogen) atoms. The molecule has 2 aromatic carbocycles. The summed E-state index contributed by atoms with van der Waals surface area (Å²) < 4.78 is 5.56. The zero-order valence-corrected chi connectivity index (χ0v) is 16.8. The first-order valence-corrected chi connectivity index (χ1v) is 9.55. The Morgan fingerprint density at radius 1 is 1.14 bits per heavy atom. The van der Waals surface area contributed by atoms with Gasteiger partial charge in [0.05, 0.1) is 24.3 Å². The molecule has 0 radical (unpaired) electrons. The number of carbonyl (C=O) groups is 2. The van der Waals surface area contributed by atoms with Gasteiger partial charge in [-0.15, -0.1) is 0 Å². The lowest BCUT2D eigenvalue weighted by molar-refractivity contribution is -0.140. The number of hydrogen-bond donors (Lipinski definition) is 2. The van der Waals surface area contributed by atoms with Gasteiger partial charge in [-0.05, 0) is 38.5 Å². The van der Waals surface area contributed by atoms with E-state index >= 15 is 0 Å². The average Bonchev–Trinajstić information content (AvgIpc) is 2.93. The second-order valence-corrected chi connectivity index (χ2v) is 7.37. The zero-order valence-electron chi connectivity index (χ0n) is 16.8. The van der Waals surface area contributed by atoms with Crippen molar-refractivity contribution in [1.29, 1.82) is 0 Å². The third-order valence-corrected chi connectivity index (χ3v) is 4.83. The number of aryl methyl sites for hydroxylation is 1. The van der Waals surface area contributed by atoms with Crippen LogP contribution in [0.1, 0.15) is 36.6 Å². The Morgan fingerprint density at radius 2 is 1.83 bits per heavy atom. The molecule has 1 aliphatic heterocycles. The van der Waals surface area contributed by atoms with Gasteiger partial charge in [-0.3, -0.25) is 9.59 Å². The van der Waals surface area contributed by atoms with E-state index in [1.165, 1.54) is 17.0 Å². The highest BCUT2D eigenvalue weighted by atomic mass is 16.5. The number of nitrogens with zero attached hydrogens (tertiary/aromatic N) is 1. The summed E-state index contributed by atoms with van der Waals surface area (Å²) in [6.45, 7) is 6.14. The number of phenols is 1. The molecule has 6 heteroatoms. The summed E-state index contributed by atoms with van der Waals surface area (Å²) in [6.07, 6.45) is -0.0152. The maximum Gasteiger partial charge on any atom is 0.295 e. The fraction of sp³-hybridized carbons (Fsp3) is 0.304. The van der Waals surface area contributed by atoms with Crippen LogP contribution in [0, 0.1) is 6.92 Å². The summed E-state index contributed by atoms with van der Waals surface area (Å²) in [4.78, 5) is 27.0. The number of rotatable bonds is 6. The lowest BCUT2D eigenvalue weighted by Crippen LogP contribution is -2.33. The molecule has 152 valence electrons. The minimum Gasteiger partial charge on any atom is -0.508 e. The third kappa shape index (κ3) is 4.32. The van der Waals surface area contributed by atoms with Crippen molar-refractivity contribution in [1.82, 2.24) is 4.90 Å². The lowest BCUT2D eigenvalue weighted by atomic mass is 9.95. The summed E-state index contributed by atoms with van der Waals surface area (Å²) >= 11 is 0. The van der Waals surface area contributed by atoms with Gasteiger partial charge in [0.2, 0.25) is 0 Å². The number of aliphatic hydroxyl groups is 1. The van der Waals surface area contributed by atoms with Gasteiger partial charge in [0.1, 0.15) is 11.5 Å². The van der Waals surface area contributed by atoms with E-state index in [0.717, 1.165) is 5.56 Å². The Kier molecular flexibility index (Phi) is 6.03. The third-order valence-electron chi connectivity index (χ3n) is 4.83. The highest BCUT2D eigenvalue weighted by Crippen LogP contribution is 2.40. The molecule has 1 fully saturated rings. The number of hydrogen-bond acceptors (Lipinski definition) is 5. The molecule has 2 aromatic rings. The lowest BCUT2D eigenvalue weighted by Gasteiger charge is -2.25. The average molecular weight is 395 g/mol. The molecule has 0 spiro atoms. The van der Waals surface area contributed by atoms with Crippen molar-refractivity contribution in [3.05, 3.63) is 70.8 Å². The number of ketones is 1. The van der Waals surface area contributed by atoms with Gasteiger partial charge in [0.15, 0.2) is 0 Å². The monoisotopic (exact) mass is 395 g/mol. The fourth-order valence-corrected chi connectivity index (χ4v) is 3.41. The number of aromatic hydroxyl groups is 1. The van der Waals surface area contributed by atoms with E-state index < -0.39 is 17.7 Å². The molecule has 1 unspecified atom stereocenters. The molecule has 1 amide bonds. The predicted octanol–water partition coefficient (Wildman–Crippen LogP) is 3.55. The fourth-order valence-electron chi connectivity index (χ4n) is 3.41.